The maximum absolute atomic E-state index is 11.6. The zero-order valence-corrected chi connectivity index (χ0v) is 31.4. The molecule has 256 valence electrons. The molecule has 3 aromatic carbocycles. The number of alkyl halides is 2. The van der Waals surface area contributed by atoms with Gasteiger partial charge < -0.3 is 10.2 Å². The Hall–Kier alpha value is -2.61. The molecule has 3 aromatic rings. The van der Waals surface area contributed by atoms with Gasteiger partial charge >= 0.3 is 0 Å². The Labute approximate surface area is 317 Å². The van der Waals surface area contributed by atoms with E-state index in [-0.39, 0.29) is 55.8 Å². The summed E-state index contributed by atoms with van der Waals surface area (Å²) < 4.78 is 0. The Bertz CT molecular complexity index is 1250. The zero-order chi connectivity index (χ0) is 32.2. The molecule has 0 aliphatic heterocycles. The van der Waals surface area contributed by atoms with Crippen LogP contribution in [0.5, 0.6) is 11.5 Å². The molecule has 0 fully saturated rings. The van der Waals surface area contributed by atoms with Crippen molar-refractivity contribution >= 4 is 35.6 Å². The van der Waals surface area contributed by atoms with Crippen LogP contribution in [-0.2, 0) is 52.0 Å². The van der Waals surface area contributed by atoms with Crippen molar-refractivity contribution in [1.82, 2.24) is 0 Å². The summed E-state index contributed by atoms with van der Waals surface area (Å²) in [4.78, 5) is 8.70. The average Bonchev–Trinajstić information content (AvgIpc) is 3.00. The summed E-state index contributed by atoms with van der Waals surface area (Å²) >= 11 is 9.53. The summed E-state index contributed by atoms with van der Waals surface area (Å²) in [5.41, 5.74) is 3.26. The fourth-order valence-electron chi connectivity index (χ4n) is 4.21. The Kier molecular flexibility index (Phi) is 29.0. The van der Waals surface area contributed by atoms with Gasteiger partial charge in [-0.3, -0.25) is 9.98 Å². The van der Waals surface area contributed by atoms with Crippen molar-refractivity contribution in [2.75, 3.05) is 5.34 Å². The van der Waals surface area contributed by atoms with E-state index in [2.05, 4.69) is 58.6 Å². The summed E-state index contributed by atoms with van der Waals surface area (Å²) in [6.45, 7) is 0.991. The van der Waals surface area contributed by atoms with Crippen molar-refractivity contribution in [2.45, 2.75) is 64.5 Å². The fourth-order valence-corrected chi connectivity index (χ4v) is 4.21. The van der Waals surface area contributed by atoms with E-state index in [1.165, 1.54) is 63.5 Å². The number of allylic oxidation sites excluding steroid dienone is 8. The smallest absolute Gasteiger partial charge is 0.0967 e. The Morgan fingerprint density at radius 1 is 0.489 bits per heavy atom. The molecule has 0 heterocycles. The van der Waals surface area contributed by atoms with E-state index in [9.17, 15) is 10.2 Å². The van der Waals surface area contributed by atoms with Gasteiger partial charge in [0.1, 0.15) is 0 Å². The maximum atomic E-state index is 11.6. The summed E-state index contributed by atoms with van der Waals surface area (Å²) in [6.07, 6.45) is 31.2. The van der Waals surface area contributed by atoms with Crippen molar-refractivity contribution in [3.63, 3.8) is 0 Å². The molecular formula is C39H44Cl2N2O2Rh2-2. The van der Waals surface area contributed by atoms with Gasteiger partial charge in [-0.2, -0.15) is 0 Å². The van der Waals surface area contributed by atoms with Gasteiger partial charge in [-0.05, 0) is 73.6 Å². The second kappa shape index (κ2) is 30.7. The van der Waals surface area contributed by atoms with E-state index >= 15 is 0 Å². The van der Waals surface area contributed by atoms with Crippen LogP contribution in [0.3, 0.4) is 0 Å². The number of rotatable bonds is 6. The summed E-state index contributed by atoms with van der Waals surface area (Å²) in [5, 5.41) is 23.5. The fraction of sp³-hybridized carbons (Fsp3) is 0.282. The molecule has 0 N–H and O–H groups in total. The molecule has 0 unspecified atom stereocenters. The van der Waals surface area contributed by atoms with Gasteiger partial charge in [-0.1, -0.05) is 121 Å². The standard InChI is InChI=1S/C22H20N2O2.2C8H12.CH2Cl2.2Rh/c25-21-10-3-1-8-19(21)15-23-13-17-6-5-7-18(12-17)14-24-16-20-9-2-4-11-22(20)26;2*1-2-4-6-8-7-5-3-1;2-1-3;;/h1-12,15-16,25-26H,13-14H2;2*1-2,7-8H,3-6H2;1H2;;/p-2/b;2*2-1-,8-7-;;;. The van der Waals surface area contributed by atoms with Crippen molar-refractivity contribution in [2.24, 2.45) is 9.98 Å². The van der Waals surface area contributed by atoms with Crippen LogP contribution in [0.4, 0.5) is 0 Å². The van der Waals surface area contributed by atoms with Gasteiger partial charge in [0, 0.05) is 51.4 Å². The van der Waals surface area contributed by atoms with E-state index in [1.807, 2.05) is 36.4 Å². The van der Waals surface area contributed by atoms with Gasteiger partial charge in [0.2, 0.25) is 0 Å². The molecule has 47 heavy (non-hydrogen) atoms. The number of aliphatic imine (C=N–C) groups is 2. The minimum Gasteiger partial charge on any atom is -0.872 e. The predicted octanol–water partition coefficient (Wildman–Crippen LogP) is 9.83. The topological polar surface area (TPSA) is 70.8 Å². The van der Waals surface area contributed by atoms with Gasteiger partial charge in [-0.15, -0.1) is 34.7 Å². The first-order valence-corrected chi connectivity index (χ1v) is 16.5. The number of hydrogen-bond acceptors (Lipinski definition) is 4. The molecule has 8 heteroatoms. The number of para-hydroxylation sites is 2. The average molecular weight is 850 g/mol. The van der Waals surface area contributed by atoms with Crippen molar-refractivity contribution in [3.05, 3.63) is 144 Å². The van der Waals surface area contributed by atoms with Gasteiger partial charge in [0.25, 0.3) is 0 Å². The number of hydrogen-bond donors (Lipinski definition) is 0. The third-order valence-electron chi connectivity index (χ3n) is 6.50. The van der Waals surface area contributed by atoms with E-state index in [1.54, 1.807) is 36.7 Å². The Balaban J connectivity index is 0.000000823. The van der Waals surface area contributed by atoms with Crippen LogP contribution >= 0.6 is 23.2 Å². The van der Waals surface area contributed by atoms with E-state index < -0.39 is 0 Å². The summed E-state index contributed by atoms with van der Waals surface area (Å²) in [6, 6.07) is 21.6. The summed E-state index contributed by atoms with van der Waals surface area (Å²) in [5.74, 6) is -0.0593. The molecular weight excluding hydrogens is 805 g/mol. The van der Waals surface area contributed by atoms with Crippen molar-refractivity contribution in [3.8, 4) is 11.5 Å². The molecule has 0 saturated carbocycles. The van der Waals surface area contributed by atoms with Crippen LogP contribution in [0.2, 0.25) is 0 Å². The first-order valence-electron chi connectivity index (χ1n) is 15.5. The SMILES string of the molecule is C1=C\CC/C=C\CC/1.C1=C\CC/C=C\CC/1.ClCCl.[O-]c1ccccc1C=NCc1cccc(CN=Cc2ccccc2[O-])c1.[Rh].[Rh]. The second-order valence-corrected chi connectivity index (χ2v) is 10.9. The zero-order valence-electron chi connectivity index (χ0n) is 26.6. The molecule has 0 aromatic heterocycles. The predicted molar refractivity (Wildman–Crippen MR) is 191 cm³/mol. The molecule has 2 aliphatic carbocycles. The largest absolute Gasteiger partial charge is 0.872 e. The van der Waals surface area contributed by atoms with E-state index in [4.69, 9.17) is 23.2 Å². The molecule has 0 spiro atoms. The van der Waals surface area contributed by atoms with Crippen LogP contribution in [0.15, 0.2) is 131 Å². The Morgan fingerprint density at radius 3 is 1.09 bits per heavy atom. The quantitative estimate of drug-likeness (QED) is 0.107. The van der Waals surface area contributed by atoms with E-state index in [0.29, 0.717) is 24.2 Å². The third-order valence-corrected chi connectivity index (χ3v) is 6.50. The van der Waals surface area contributed by atoms with Crippen molar-refractivity contribution in [1.29, 1.82) is 0 Å². The molecule has 2 aliphatic rings. The van der Waals surface area contributed by atoms with Crippen LogP contribution in [0.1, 0.15) is 73.6 Å². The van der Waals surface area contributed by atoms with Gasteiger partial charge in [0.05, 0.1) is 18.4 Å². The van der Waals surface area contributed by atoms with Gasteiger partial charge in [0.15, 0.2) is 0 Å². The van der Waals surface area contributed by atoms with E-state index in [0.717, 1.165) is 11.1 Å². The Morgan fingerprint density at radius 2 is 0.787 bits per heavy atom. The molecule has 0 bridgehead atoms. The minimum absolute atomic E-state index is 0. The molecule has 2 radical (unpaired) electrons. The van der Waals surface area contributed by atoms with Crippen LogP contribution < -0.4 is 10.2 Å². The first-order chi connectivity index (χ1) is 22.1. The maximum Gasteiger partial charge on any atom is 0.0967 e. The molecule has 0 amide bonds. The van der Waals surface area contributed by atoms with Crippen LogP contribution in [-0.4, -0.2) is 17.8 Å². The van der Waals surface area contributed by atoms with Crippen LogP contribution in [0.25, 0.3) is 0 Å². The third kappa shape index (κ3) is 22.6. The first kappa shape index (κ1) is 44.4. The second-order valence-electron chi connectivity index (χ2n) is 10.1. The summed E-state index contributed by atoms with van der Waals surface area (Å²) in [7, 11) is 0. The molecule has 4 nitrogen and oxygen atoms in total. The normalized spacial score (nSPS) is 16.2. The van der Waals surface area contributed by atoms with Crippen molar-refractivity contribution < 1.29 is 49.2 Å². The molecule has 0 atom stereocenters. The minimum atomic E-state index is -0.0296. The molecule has 0 saturated heterocycles. The molecule has 5 rings (SSSR count). The number of benzene rings is 3. The monoisotopic (exact) mass is 848 g/mol. The van der Waals surface area contributed by atoms with Gasteiger partial charge in [-0.25, -0.2) is 0 Å². The number of nitrogens with zero attached hydrogens (tertiary/aromatic N) is 2. The van der Waals surface area contributed by atoms with Crippen LogP contribution in [0, 0.1) is 0 Å². The number of halogens is 2.